The molecule has 98 valence electrons. The van der Waals surface area contributed by atoms with Gasteiger partial charge in [0.2, 0.25) is 0 Å². The van der Waals surface area contributed by atoms with E-state index in [0.717, 1.165) is 38.2 Å². The summed E-state index contributed by atoms with van der Waals surface area (Å²) in [5.74, 6) is 1.52. The van der Waals surface area contributed by atoms with Crippen LogP contribution in [0.2, 0.25) is 0 Å². The minimum atomic E-state index is 0.352. The third kappa shape index (κ3) is 4.44. The van der Waals surface area contributed by atoms with Crippen molar-refractivity contribution >= 4 is 0 Å². The Balaban J connectivity index is 2.61. The predicted molar refractivity (Wildman–Crippen MR) is 67.8 cm³/mol. The van der Waals surface area contributed by atoms with Gasteiger partial charge in [-0.25, -0.2) is 9.67 Å². The molecular formula is C12H24N4O. The van der Waals surface area contributed by atoms with Crippen LogP contribution in [-0.2, 0) is 11.2 Å². The smallest absolute Gasteiger partial charge is 0.138 e. The largest absolute Gasteiger partial charge is 0.384 e. The van der Waals surface area contributed by atoms with Crippen LogP contribution in [0.15, 0.2) is 6.33 Å². The third-order valence-corrected chi connectivity index (χ3v) is 2.83. The van der Waals surface area contributed by atoms with E-state index < -0.39 is 0 Å². The first-order valence-corrected chi connectivity index (χ1v) is 6.26. The number of methoxy groups -OCH3 is 1. The summed E-state index contributed by atoms with van der Waals surface area (Å²) in [7, 11) is 1.74. The second kappa shape index (κ2) is 7.40. The van der Waals surface area contributed by atoms with Gasteiger partial charge in [0, 0.05) is 26.2 Å². The van der Waals surface area contributed by atoms with Crippen molar-refractivity contribution in [2.45, 2.75) is 39.2 Å². The van der Waals surface area contributed by atoms with Crippen molar-refractivity contribution in [1.29, 1.82) is 0 Å². The molecule has 1 aromatic heterocycles. The first-order valence-electron chi connectivity index (χ1n) is 6.26. The Hall–Kier alpha value is -0.940. The first kappa shape index (κ1) is 14.1. The molecular weight excluding hydrogens is 216 g/mol. The van der Waals surface area contributed by atoms with E-state index in [-0.39, 0.29) is 0 Å². The quantitative estimate of drug-likeness (QED) is 0.746. The topological polar surface area (TPSA) is 66.0 Å². The molecule has 0 spiro atoms. The van der Waals surface area contributed by atoms with E-state index in [2.05, 4.69) is 23.9 Å². The summed E-state index contributed by atoms with van der Waals surface area (Å²) in [6.45, 7) is 5.72. The number of nitrogens with two attached hydrogens (primary N) is 1. The Bertz CT molecular complexity index is 311. The minimum absolute atomic E-state index is 0.352. The van der Waals surface area contributed by atoms with Crippen molar-refractivity contribution in [3.05, 3.63) is 12.2 Å². The van der Waals surface area contributed by atoms with Crippen molar-refractivity contribution < 1.29 is 4.74 Å². The molecule has 2 N–H and O–H groups in total. The molecule has 0 saturated carbocycles. The molecule has 1 unspecified atom stereocenters. The molecule has 0 aliphatic rings. The minimum Gasteiger partial charge on any atom is -0.384 e. The van der Waals surface area contributed by atoms with Crippen LogP contribution in [0.1, 0.15) is 38.6 Å². The van der Waals surface area contributed by atoms with Gasteiger partial charge < -0.3 is 10.5 Å². The molecule has 1 aromatic rings. The maximum absolute atomic E-state index is 5.55. The number of hydrogen-bond donors (Lipinski definition) is 1. The number of hydrogen-bond acceptors (Lipinski definition) is 4. The highest BCUT2D eigenvalue weighted by atomic mass is 16.5. The molecule has 0 aromatic carbocycles. The van der Waals surface area contributed by atoms with Crippen LogP contribution in [0.25, 0.3) is 0 Å². The van der Waals surface area contributed by atoms with Gasteiger partial charge in [-0.2, -0.15) is 5.10 Å². The van der Waals surface area contributed by atoms with E-state index >= 15 is 0 Å². The Morgan fingerprint density at radius 1 is 1.47 bits per heavy atom. The van der Waals surface area contributed by atoms with Gasteiger partial charge in [-0.3, -0.25) is 0 Å². The summed E-state index contributed by atoms with van der Waals surface area (Å²) in [5.41, 5.74) is 5.55. The molecule has 0 amide bonds. The van der Waals surface area contributed by atoms with E-state index in [1.165, 1.54) is 0 Å². The second-order valence-electron chi connectivity index (χ2n) is 4.67. The summed E-state index contributed by atoms with van der Waals surface area (Å²) in [6, 6.07) is 0.352. The molecule has 1 atom stereocenters. The van der Waals surface area contributed by atoms with Crippen LogP contribution in [0.5, 0.6) is 0 Å². The van der Waals surface area contributed by atoms with Crippen LogP contribution in [-0.4, -0.2) is 35.0 Å². The summed E-state index contributed by atoms with van der Waals surface area (Å²) in [5, 5.41) is 4.25. The van der Waals surface area contributed by atoms with Gasteiger partial charge in [0.1, 0.15) is 12.2 Å². The van der Waals surface area contributed by atoms with Gasteiger partial charge in [0.25, 0.3) is 0 Å². The Labute approximate surface area is 103 Å². The van der Waals surface area contributed by atoms with E-state index in [0.29, 0.717) is 12.0 Å². The number of rotatable bonds is 8. The average molecular weight is 240 g/mol. The highest BCUT2D eigenvalue weighted by molar-refractivity contribution is 4.89. The Morgan fingerprint density at radius 2 is 2.24 bits per heavy atom. The molecule has 0 fully saturated rings. The molecule has 0 aliphatic heterocycles. The van der Waals surface area contributed by atoms with Gasteiger partial charge >= 0.3 is 0 Å². The lowest BCUT2D eigenvalue weighted by Gasteiger charge is -2.16. The lowest BCUT2D eigenvalue weighted by molar-refractivity contribution is 0.145. The van der Waals surface area contributed by atoms with Crippen molar-refractivity contribution in [3.63, 3.8) is 0 Å². The van der Waals surface area contributed by atoms with E-state index in [4.69, 9.17) is 10.5 Å². The Morgan fingerprint density at radius 3 is 2.82 bits per heavy atom. The van der Waals surface area contributed by atoms with Crippen LogP contribution < -0.4 is 5.73 Å². The normalized spacial score (nSPS) is 13.2. The van der Waals surface area contributed by atoms with E-state index in [9.17, 15) is 0 Å². The average Bonchev–Trinajstić information content (AvgIpc) is 2.74. The fourth-order valence-corrected chi connectivity index (χ4v) is 2.00. The van der Waals surface area contributed by atoms with Crippen molar-refractivity contribution in [2.24, 2.45) is 11.7 Å². The standard InChI is InChI=1S/C12H24N4O/c1-10(2)16-12(14-9-15-16)7-11(8-17-3)5-4-6-13/h9-11H,4-8,13H2,1-3H3. The lowest BCUT2D eigenvalue weighted by atomic mass is 10.00. The fourth-order valence-electron chi connectivity index (χ4n) is 2.00. The second-order valence-corrected chi connectivity index (χ2v) is 4.67. The maximum Gasteiger partial charge on any atom is 0.138 e. The molecule has 0 aliphatic carbocycles. The molecule has 5 heteroatoms. The summed E-state index contributed by atoms with van der Waals surface area (Å²) < 4.78 is 7.23. The van der Waals surface area contributed by atoms with Crippen molar-refractivity contribution in [3.8, 4) is 0 Å². The number of nitrogens with zero attached hydrogens (tertiary/aromatic N) is 3. The van der Waals surface area contributed by atoms with Crippen LogP contribution in [0, 0.1) is 5.92 Å². The summed E-state index contributed by atoms with van der Waals surface area (Å²) in [6.07, 6.45) is 4.65. The third-order valence-electron chi connectivity index (χ3n) is 2.83. The highest BCUT2D eigenvalue weighted by Gasteiger charge is 2.14. The van der Waals surface area contributed by atoms with Crippen LogP contribution >= 0.6 is 0 Å². The Kier molecular flexibility index (Phi) is 6.15. The van der Waals surface area contributed by atoms with E-state index in [1.807, 2.05) is 4.68 Å². The lowest BCUT2D eigenvalue weighted by Crippen LogP contribution is -2.17. The predicted octanol–water partition coefficient (Wildman–Crippen LogP) is 1.40. The highest BCUT2D eigenvalue weighted by Crippen LogP contribution is 2.15. The first-order chi connectivity index (χ1) is 8.19. The fraction of sp³-hybridized carbons (Fsp3) is 0.833. The van der Waals surface area contributed by atoms with Gasteiger partial charge in [-0.05, 0) is 39.2 Å². The van der Waals surface area contributed by atoms with Gasteiger partial charge in [0.15, 0.2) is 0 Å². The zero-order chi connectivity index (χ0) is 12.7. The maximum atomic E-state index is 5.55. The summed E-state index contributed by atoms with van der Waals surface area (Å²) >= 11 is 0. The number of aromatic nitrogens is 3. The van der Waals surface area contributed by atoms with Gasteiger partial charge in [-0.1, -0.05) is 0 Å². The molecule has 1 heterocycles. The monoisotopic (exact) mass is 240 g/mol. The van der Waals surface area contributed by atoms with Crippen molar-refractivity contribution in [1.82, 2.24) is 14.8 Å². The molecule has 0 radical (unpaired) electrons. The number of ether oxygens (including phenoxy) is 1. The van der Waals surface area contributed by atoms with Crippen LogP contribution in [0.4, 0.5) is 0 Å². The van der Waals surface area contributed by atoms with Gasteiger partial charge in [-0.15, -0.1) is 0 Å². The van der Waals surface area contributed by atoms with Gasteiger partial charge in [0.05, 0.1) is 0 Å². The SMILES string of the molecule is COCC(CCCN)Cc1ncnn1C(C)C. The molecule has 0 saturated heterocycles. The van der Waals surface area contributed by atoms with E-state index in [1.54, 1.807) is 13.4 Å². The zero-order valence-electron chi connectivity index (χ0n) is 11.1. The summed E-state index contributed by atoms with van der Waals surface area (Å²) in [4.78, 5) is 4.33. The molecule has 17 heavy (non-hydrogen) atoms. The molecule has 5 nitrogen and oxygen atoms in total. The van der Waals surface area contributed by atoms with Crippen LogP contribution in [0.3, 0.4) is 0 Å². The molecule has 1 rings (SSSR count). The zero-order valence-corrected chi connectivity index (χ0v) is 11.1. The van der Waals surface area contributed by atoms with Crippen molar-refractivity contribution in [2.75, 3.05) is 20.3 Å². The molecule has 0 bridgehead atoms.